The van der Waals surface area contributed by atoms with Crippen LogP contribution in [0.5, 0.6) is 0 Å². The summed E-state index contributed by atoms with van der Waals surface area (Å²) in [7, 11) is 0. The molecular formula is C17H21N7. The summed E-state index contributed by atoms with van der Waals surface area (Å²) in [5.41, 5.74) is 1.87. The van der Waals surface area contributed by atoms with Gasteiger partial charge in [0.1, 0.15) is 23.1 Å². The van der Waals surface area contributed by atoms with Crippen LogP contribution in [0.1, 0.15) is 12.7 Å². The van der Waals surface area contributed by atoms with Crippen LogP contribution in [-0.4, -0.2) is 45.0 Å². The molecule has 2 N–H and O–H groups in total. The van der Waals surface area contributed by atoms with Crippen LogP contribution in [0.2, 0.25) is 0 Å². The first-order valence-corrected chi connectivity index (χ1v) is 8.21. The largest absolute Gasteiger partial charge is 0.354 e. The van der Waals surface area contributed by atoms with Crippen LogP contribution in [0.3, 0.4) is 0 Å². The van der Waals surface area contributed by atoms with E-state index in [1.54, 1.807) is 6.20 Å². The van der Waals surface area contributed by atoms with Crippen molar-refractivity contribution in [2.24, 2.45) is 0 Å². The van der Waals surface area contributed by atoms with Crippen LogP contribution in [0.25, 0.3) is 5.65 Å². The predicted octanol–water partition coefficient (Wildman–Crippen LogP) is 1.97. The molecule has 124 valence electrons. The highest BCUT2D eigenvalue weighted by Gasteiger charge is 2.18. The topological polar surface area (TPSA) is 70.4 Å². The van der Waals surface area contributed by atoms with Crippen molar-refractivity contribution in [3.05, 3.63) is 42.6 Å². The average molecular weight is 323 g/mol. The molecule has 1 aliphatic heterocycles. The lowest BCUT2D eigenvalue weighted by Crippen LogP contribution is -2.49. The first-order valence-electron chi connectivity index (χ1n) is 8.21. The van der Waals surface area contributed by atoms with E-state index >= 15 is 0 Å². The van der Waals surface area contributed by atoms with Crippen LogP contribution < -0.4 is 15.5 Å². The second kappa shape index (κ2) is 6.09. The number of aromatic nitrogens is 4. The van der Waals surface area contributed by atoms with Crippen molar-refractivity contribution in [2.75, 3.05) is 29.9 Å². The van der Waals surface area contributed by atoms with E-state index in [-0.39, 0.29) is 0 Å². The molecule has 1 fully saturated rings. The first-order chi connectivity index (χ1) is 11.7. The van der Waals surface area contributed by atoms with Crippen LogP contribution in [-0.2, 0) is 0 Å². The third-order valence-electron chi connectivity index (χ3n) is 4.19. The van der Waals surface area contributed by atoms with Gasteiger partial charge >= 0.3 is 0 Å². The number of hydrogen-bond donors (Lipinski definition) is 2. The molecular weight excluding hydrogens is 302 g/mol. The lowest BCUT2D eigenvalue weighted by atomic mass is 10.2. The molecule has 4 heterocycles. The minimum atomic E-state index is 0.466. The maximum Gasteiger partial charge on any atom is 0.138 e. The fraction of sp³-hybridized carbons (Fsp3) is 0.353. The molecule has 1 aliphatic rings. The maximum absolute atomic E-state index is 4.61. The number of aryl methyl sites for hydroxylation is 1. The summed E-state index contributed by atoms with van der Waals surface area (Å²) in [6.45, 7) is 7.01. The van der Waals surface area contributed by atoms with Gasteiger partial charge in [-0.3, -0.25) is 0 Å². The Labute approximate surface area is 140 Å². The van der Waals surface area contributed by atoms with E-state index in [1.807, 2.05) is 41.9 Å². The molecule has 7 heteroatoms. The van der Waals surface area contributed by atoms with Gasteiger partial charge in [-0.2, -0.15) is 0 Å². The summed E-state index contributed by atoms with van der Waals surface area (Å²) >= 11 is 0. The molecule has 1 atom stereocenters. The average Bonchev–Trinajstić information content (AvgIpc) is 3.02. The zero-order chi connectivity index (χ0) is 16.5. The maximum atomic E-state index is 4.61. The van der Waals surface area contributed by atoms with E-state index in [0.29, 0.717) is 6.04 Å². The number of anilines is 3. The van der Waals surface area contributed by atoms with E-state index in [1.165, 1.54) is 0 Å². The van der Waals surface area contributed by atoms with E-state index in [9.17, 15) is 0 Å². The van der Waals surface area contributed by atoms with Crippen LogP contribution >= 0.6 is 0 Å². The smallest absolute Gasteiger partial charge is 0.138 e. The summed E-state index contributed by atoms with van der Waals surface area (Å²) in [4.78, 5) is 15.7. The minimum Gasteiger partial charge on any atom is -0.354 e. The number of nitrogens with zero attached hydrogens (tertiary/aromatic N) is 5. The number of fused-ring (bicyclic) bond motifs is 1. The van der Waals surface area contributed by atoms with Gasteiger partial charge in [-0.1, -0.05) is 0 Å². The van der Waals surface area contributed by atoms with Crippen LogP contribution in [0, 0.1) is 6.92 Å². The number of nitrogens with one attached hydrogen (secondary N) is 2. The Morgan fingerprint density at radius 1 is 1.25 bits per heavy atom. The van der Waals surface area contributed by atoms with E-state index in [2.05, 4.69) is 37.4 Å². The Morgan fingerprint density at radius 2 is 2.17 bits per heavy atom. The van der Waals surface area contributed by atoms with Crippen LogP contribution in [0.4, 0.5) is 17.3 Å². The van der Waals surface area contributed by atoms with Gasteiger partial charge in [0, 0.05) is 62.1 Å². The Balaban J connectivity index is 1.60. The fourth-order valence-corrected chi connectivity index (χ4v) is 3.05. The highest BCUT2D eigenvalue weighted by atomic mass is 15.3. The molecule has 24 heavy (non-hydrogen) atoms. The summed E-state index contributed by atoms with van der Waals surface area (Å²) in [6, 6.07) is 6.50. The predicted molar refractivity (Wildman–Crippen MR) is 94.9 cm³/mol. The standard InChI is InChI=1S/C17H21N7/c1-12-11-24(8-4-18-12)17-10-15(20-13(2)21-17)22-14-3-6-23-7-5-19-16(23)9-14/h3,5-7,9-10,12,18H,4,8,11H2,1-2H3,(H,20,21,22)/t12-/m0/s1. The monoisotopic (exact) mass is 323 g/mol. The van der Waals surface area contributed by atoms with Gasteiger partial charge in [0.25, 0.3) is 0 Å². The highest BCUT2D eigenvalue weighted by Crippen LogP contribution is 2.21. The van der Waals surface area contributed by atoms with Crippen molar-refractivity contribution in [3.8, 4) is 0 Å². The summed E-state index contributed by atoms with van der Waals surface area (Å²) in [5.74, 6) is 2.54. The lowest BCUT2D eigenvalue weighted by Gasteiger charge is -2.33. The van der Waals surface area contributed by atoms with Gasteiger partial charge in [-0.05, 0) is 19.9 Å². The molecule has 3 aromatic rings. The number of imidazole rings is 1. The number of pyridine rings is 1. The van der Waals surface area contributed by atoms with Gasteiger partial charge in [0.15, 0.2) is 0 Å². The van der Waals surface area contributed by atoms with Crippen molar-refractivity contribution in [1.29, 1.82) is 0 Å². The zero-order valence-corrected chi connectivity index (χ0v) is 13.9. The molecule has 0 radical (unpaired) electrons. The Kier molecular flexibility index (Phi) is 3.78. The molecule has 0 aliphatic carbocycles. The van der Waals surface area contributed by atoms with Gasteiger partial charge in [0.2, 0.25) is 0 Å². The molecule has 0 amide bonds. The third kappa shape index (κ3) is 3.03. The third-order valence-corrected chi connectivity index (χ3v) is 4.19. The number of rotatable bonds is 3. The molecule has 0 aromatic carbocycles. The van der Waals surface area contributed by atoms with E-state index < -0.39 is 0 Å². The summed E-state index contributed by atoms with van der Waals surface area (Å²) < 4.78 is 1.98. The summed E-state index contributed by atoms with van der Waals surface area (Å²) in [5, 5.41) is 6.83. The normalized spacial score (nSPS) is 18.1. The van der Waals surface area contributed by atoms with E-state index in [0.717, 1.165) is 48.4 Å². The second-order valence-corrected chi connectivity index (χ2v) is 6.19. The second-order valence-electron chi connectivity index (χ2n) is 6.19. The molecule has 7 nitrogen and oxygen atoms in total. The molecule has 0 bridgehead atoms. The molecule has 0 unspecified atom stereocenters. The number of piperazine rings is 1. The lowest BCUT2D eigenvalue weighted by molar-refractivity contribution is 0.482. The minimum absolute atomic E-state index is 0.466. The van der Waals surface area contributed by atoms with Gasteiger partial charge in [0.05, 0.1) is 0 Å². The van der Waals surface area contributed by atoms with Gasteiger partial charge in [-0.15, -0.1) is 0 Å². The fourth-order valence-electron chi connectivity index (χ4n) is 3.05. The van der Waals surface area contributed by atoms with Crippen LogP contribution in [0.15, 0.2) is 36.8 Å². The Morgan fingerprint density at radius 3 is 3.04 bits per heavy atom. The molecule has 1 saturated heterocycles. The van der Waals surface area contributed by atoms with Crippen molar-refractivity contribution in [3.63, 3.8) is 0 Å². The van der Waals surface area contributed by atoms with Gasteiger partial charge < -0.3 is 19.9 Å². The zero-order valence-electron chi connectivity index (χ0n) is 13.9. The molecule has 3 aromatic heterocycles. The Hall–Kier alpha value is -2.67. The first kappa shape index (κ1) is 14.9. The molecule has 0 saturated carbocycles. The van der Waals surface area contributed by atoms with Gasteiger partial charge in [-0.25, -0.2) is 15.0 Å². The molecule has 4 rings (SSSR count). The Bertz CT molecular complexity index is 857. The van der Waals surface area contributed by atoms with Crippen molar-refractivity contribution >= 4 is 23.0 Å². The van der Waals surface area contributed by atoms with Crippen molar-refractivity contribution in [1.82, 2.24) is 24.7 Å². The number of hydrogen-bond acceptors (Lipinski definition) is 6. The summed E-state index contributed by atoms with van der Waals surface area (Å²) in [6.07, 6.45) is 5.70. The van der Waals surface area contributed by atoms with Crippen molar-refractivity contribution < 1.29 is 0 Å². The SMILES string of the molecule is Cc1nc(Nc2ccn3ccnc3c2)cc(N2CCN[C@@H](C)C2)n1. The molecule has 0 spiro atoms. The highest BCUT2D eigenvalue weighted by molar-refractivity contribution is 5.63. The van der Waals surface area contributed by atoms with Crippen molar-refractivity contribution in [2.45, 2.75) is 19.9 Å². The quantitative estimate of drug-likeness (QED) is 0.768. The van der Waals surface area contributed by atoms with E-state index in [4.69, 9.17) is 0 Å².